The molecule has 0 aromatic carbocycles. The summed E-state index contributed by atoms with van der Waals surface area (Å²) in [6.45, 7) is 14.0. The number of hydrogen-bond donors (Lipinski definition) is 1. The molecule has 1 heterocycles. The van der Waals surface area contributed by atoms with Crippen molar-refractivity contribution in [2.75, 3.05) is 0 Å². The molecule has 1 N–H and O–H groups in total. The molecule has 21 heavy (non-hydrogen) atoms. The lowest BCUT2D eigenvalue weighted by atomic mass is 9.82. The van der Waals surface area contributed by atoms with Crippen molar-refractivity contribution in [3.05, 3.63) is 22.8 Å². The first-order valence-corrected chi connectivity index (χ1v) is 8.35. The van der Waals surface area contributed by atoms with Gasteiger partial charge in [0.25, 0.3) is 0 Å². The number of aromatic nitrogens is 2. The van der Waals surface area contributed by atoms with Crippen molar-refractivity contribution in [2.24, 2.45) is 5.92 Å². The van der Waals surface area contributed by atoms with Gasteiger partial charge in [-0.25, -0.2) is 9.97 Å². The highest BCUT2D eigenvalue weighted by molar-refractivity contribution is 5.25. The Morgan fingerprint density at radius 2 is 1.52 bits per heavy atom. The molecule has 0 atom stereocenters. The van der Waals surface area contributed by atoms with E-state index in [1.807, 2.05) is 0 Å². The number of rotatable bonds is 3. The fraction of sp³-hybridized carbons (Fsp3) is 0.778. The van der Waals surface area contributed by atoms with Gasteiger partial charge in [0, 0.05) is 35.0 Å². The van der Waals surface area contributed by atoms with E-state index in [2.05, 4.69) is 46.9 Å². The van der Waals surface area contributed by atoms with E-state index in [0.717, 1.165) is 29.7 Å². The predicted octanol–water partition coefficient (Wildman–Crippen LogP) is 4.28. The second-order valence-corrected chi connectivity index (χ2v) is 7.79. The van der Waals surface area contributed by atoms with Gasteiger partial charge >= 0.3 is 0 Å². The molecule has 1 aliphatic rings. The summed E-state index contributed by atoms with van der Waals surface area (Å²) >= 11 is 0. The van der Waals surface area contributed by atoms with Crippen LogP contribution in [0.5, 0.6) is 0 Å². The van der Waals surface area contributed by atoms with Crippen molar-refractivity contribution >= 4 is 0 Å². The van der Waals surface area contributed by atoms with Gasteiger partial charge in [0.2, 0.25) is 0 Å². The van der Waals surface area contributed by atoms with Gasteiger partial charge < -0.3 is 5.32 Å². The first-order chi connectivity index (χ1) is 9.76. The summed E-state index contributed by atoms with van der Waals surface area (Å²) in [6, 6.07) is 0. The van der Waals surface area contributed by atoms with Crippen LogP contribution in [0, 0.1) is 19.8 Å². The molecule has 1 aliphatic carbocycles. The maximum absolute atomic E-state index is 4.83. The third-order valence-corrected chi connectivity index (χ3v) is 4.61. The number of hydrogen-bond acceptors (Lipinski definition) is 3. The molecule has 1 saturated carbocycles. The standard InChI is InChI=1S/C18H31N3/c1-12-7-9-15(10-8-12)17-20-13(2)16(14(3)21-17)11-19-18(4,5)6/h12,15,19H,7-11H2,1-6H3. The van der Waals surface area contributed by atoms with Gasteiger partial charge in [0.05, 0.1) is 0 Å². The van der Waals surface area contributed by atoms with E-state index >= 15 is 0 Å². The highest BCUT2D eigenvalue weighted by atomic mass is 15.0. The van der Waals surface area contributed by atoms with E-state index < -0.39 is 0 Å². The van der Waals surface area contributed by atoms with Crippen molar-refractivity contribution < 1.29 is 0 Å². The Morgan fingerprint density at radius 1 is 1.00 bits per heavy atom. The van der Waals surface area contributed by atoms with Crippen LogP contribution < -0.4 is 5.32 Å². The lowest BCUT2D eigenvalue weighted by Crippen LogP contribution is -2.35. The lowest BCUT2D eigenvalue weighted by molar-refractivity contribution is 0.338. The quantitative estimate of drug-likeness (QED) is 0.902. The third kappa shape index (κ3) is 4.50. The van der Waals surface area contributed by atoms with Gasteiger partial charge in [-0.1, -0.05) is 19.8 Å². The molecule has 0 amide bonds. The van der Waals surface area contributed by atoms with E-state index in [9.17, 15) is 0 Å². The van der Waals surface area contributed by atoms with E-state index in [4.69, 9.17) is 9.97 Å². The van der Waals surface area contributed by atoms with Crippen molar-refractivity contribution in [2.45, 2.75) is 85.2 Å². The van der Waals surface area contributed by atoms with Gasteiger partial charge in [-0.2, -0.15) is 0 Å². The molecular weight excluding hydrogens is 258 g/mol. The van der Waals surface area contributed by atoms with Crippen molar-refractivity contribution in [1.82, 2.24) is 15.3 Å². The zero-order chi connectivity index (χ0) is 15.6. The molecule has 1 fully saturated rings. The normalized spacial score (nSPS) is 23.3. The zero-order valence-electron chi connectivity index (χ0n) is 14.6. The predicted molar refractivity (Wildman–Crippen MR) is 88.5 cm³/mol. The van der Waals surface area contributed by atoms with Gasteiger partial charge in [-0.3, -0.25) is 0 Å². The average molecular weight is 289 g/mol. The van der Waals surface area contributed by atoms with E-state index in [0.29, 0.717) is 5.92 Å². The second-order valence-electron chi connectivity index (χ2n) is 7.79. The van der Waals surface area contributed by atoms with Gasteiger partial charge in [0.1, 0.15) is 5.82 Å². The van der Waals surface area contributed by atoms with Crippen LogP contribution in [0.4, 0.5) is 0 Å². The lowest BCUT2D eigenvalue weighted by Gasteiger charge is -2.26. The summed E-state index contributed by atoms with van der Waals surface area (Å²) in [5, 5.41) is 3.54. The SMILES string of the molecule is Cc1nc(C2CCC(C)CC2)nc(C)c1CNC(C)(C)C. The molecule has 1 aromatic rings. The van der Waals surface area contributed by atoms with Crippen molar-refractivity contribution in [3.8, 4) is 0 Å². The molecule has 0 spiro atoms. The van der Waals surface area contributed by atoms with Crippen LogP contribution in [0.3, 0.4) is 0 Å². The monoisotopic (exact) mass is 289 g/mol. The molecule has 0 aliphatic heterocycles. The molecule has 0 bridgehead atoms. The topological polar surface area (TPSA) is 37.8 Å². The Hall–Kier alpha value is -0.960. The molecule has 118 valence electrons. The maximum Gasteiger partial charge on any atom is 0.131 e. The molecule has 0 unspecified atom stereocenters. The first-order valence-electron chi connectivity index (χ1n) is 8.35. The summed E-state index contributed by atoms with van der Waals surface area (Å²) in [5.41, 5.74) is 3.68. The minimum absolute atomic E-state index is 0.122. The van der Waals surface area contributed by atoms with Crippen LogP contribution in [-0.4, -0.2) is 15.5 Å². The fourth-order valence-electron chi connectivity index (χ4n) is 3.08. The smallest absolute Gasteiger partial charge is 0.131 e. The van der Waals surface area contributed by atoms with Crippen LogP contribution in [0.2, 0.25) is 0 Å². The minimum Gasteiger partial charge on any atom is -0.308 e. The molecule has 3 nitrogen and oxygen atoms in total. The van der Waals surface area contributed by atoms with E-state index in [1.165, 1.54) is 31.2 Å². The maximum atomic E-state index is 4.83. The Balaban J connectivity index is 2.13. The summed E-state index contributed by atoms with van der Waals surface area (Å²) in [5.74, 6) is 2.53. The van der Waals surface area contributed by atoms with Crippen LogP contribution in [-0.2, 0) is 6.54 Å². The van der Waals surface area contributed by atoms with E-state index in [1.54, 1.807) is 0 Å². The Kier molecular flexibility index (Phi) is 5.03. The van der Waals surface area contributed by atoms with Crippen LogP contribution in [0.25, 0.3) is 0 Å². The van der Waals surface area contributed by atoms with E-state index in [-0.39, 0.29) is 5.54 Å². The molecule has 3 heteroatoms. The summed E-state index contributed by atoms with van der Waals surface area (Å²) < 4.78 is 0. The van der Waals surface area contributed by atoms with Crippen molar-refractivity contribution in [1.29, 1.82) is 0 Å². The zero-order valence-corrected chi connectivity index (χ0v) is 14.6. The van der Waals surface area contributed by atoms with Gasteiger partial charge in [-0.15, -0.1) is 0 Å². The molecule has 1 aromatic heterocycles. The van der Waals surface area contributed by atoms with Crippen LogP contribution in [0.1, 0.15) is 82.1 Å². The Bertz CT molecular complexity index is 457. The van der Waals surface area contributed by atoms with Crippen LogP contribution in [0.15, 0.2) is 0 Å². The largest absolute Gasteiger partial charge is 0.308 e. The van der Waals surface area contributed by atoms with Gasteiger partial charge in [-0.05, 0) is 53.4 Å². The molecule has 0 saturated heterocycles. The average Bonchev–Trinajstić information content (AvgIpc) is 2.37. The highest BCUT2D eigenvalue weighted by Gasteiger charge is 2.23. The summed E-state index contributed by atoms with van der Waals surface area (Å²) in [7, 11) is 0. The van der Waals surface area contributed by atoms with Crippen LogP contribution >= 0.6 is 0 Å². The van der Waals surface area contributed by atoms with Gasteiger partial charge in [0.15, 0.2) is 0 Å². The number of nitrogens with one attached hydrogen (secondary N) is 1. The number of aryl methyl sites for hydroxylation is 2. The molecular formula is C18H31N3. The fourth-order valence-corrected chi connectivity index (χ4v) is 3.08. The number of nitrogens with zero attached hydrogens (tertiary/aromatic N) is 2. The molecule has 0 radical (unpaired) electrons. The molecule has 2 rings (SSSR count). The van der Waals surface area contributed by atoms with Crippen molar-refractivity contribution in [3.63, 3.8) is 0 Å². The highest BCUT2D eigenvalue weighted by Crippen LogP contribution is 2.34. The summed E-state index contributed by atoms with van der Waals surface area (Å²) in [6.07, 6.45) is 5.14. The minimum atomic E-state index is 0.122. The Labute approximate surface area is 130 Å². The second kappa shape index (κ2) is 6.43. The Morgan fingerprint density at radius 3 is 2.00 bits per heavy atom. The summed E-state index contributed by atoms with van der Waals surface area (Å²) in [4.78, 5) is 9.66. The first kappa shape index (κ1) is 16.4. The third-order valence-electron chi connectivity index (χ3n) is 4.61.